The van der Waals surface area contributed by atoms with Crippen LogP contribution in [0, 0.1) is 11.8 Å². The van der Waals surface area contributed by atoms with Crippen molar-refractivity contribution < 1.29 is 23.9 Å². The number of amides is 2. The zero-order valence-electron chi connectivity index (χ0n) is 15.3. The summed E-state index contributed by atoms with van der Waals surface area (Å²) in [5.74, 6) is -2.55. The van der Waals surface area contributed by atoms with E-state index in [1.807, 2.05) is 13.0 Å². The van der Waals surface area contributed by atoms with Crippen LogP contribution in [-0.4, -0.2) is 24.9 Å². The Labute approximate surface area is 170 Å². The lowest BCUT2D eigenvalue weighted by Gasteiger charge is -2.43. The number of hydrogen-bond donors (Lipinski definition) is 0. The molecule has 0 N–H and O–H groups in total. The molecule has 0 spiro atoms. The van der Waals surface area contributed by atoms with Crippen molar-refractivity contribution in [3.05, 3.63) is 52.5 Å². The van der Waals surface area contributed by atoms with Gasteiger partial charge in [-0.3, -0.25) is 14.4 Å². The van der Waals surface area contributed by atoms with Crippen LogP contribution in [-0.2, 0) is 14.4 Å². The lowest BCUT2D eigenvalue weighted by atomic mass is 9.70. The predicted molar refractivity (Wildman–Crippen MR) is 105 cm³/mol. The van der Waals surface area contributed by atoms with E-state index in [1.165, 1.54) is 7.11 Å². The summed E-state index contributed by atoms with van der Waals surface area (Å²) in [6.07, 6.45) is 0.499. The van der Waals surface area contributed by atoms with Crippen LogP contribution in [0.3, 0.4) is 0 Å². The van der Waals surface area contributed by atoms with Crippen molar-refractivity contribution in [3.63, 3.8) is 0 Å². The number of piperidine rings is 1. The van der Waals surface area contributed by atoms with Gasteiger partial charge in [0.25, 0.3) is 0 Å². The number of benzene rings is 2. The van der Waals surface area contributed by atoms with Gasteiger partial charge >= 0.3 is 5.97 Å². The van der Waals surface area contributed by atoms with E-state index >= 15 is 0 Å². The molecule has 1 saturated heterocycles. The van der Waals surface area contributed by atoms with Crippen LogP contribution in [0.4, 0.5) is 5.69 Å². The molecule has 0 unspecified atom stereocenters. The number of fused-ring (bicyclic) bond motifs is 3. The molecule has 0 aliphatic carbocycles. The molecule has 7 heteroatoms. The minimum Gasteiger partial charge on any atom is -0.497 e. The molecule has 0 saturated carbocycles. The van der Waals surface area contributed by atoms with Gasteiger partial charge in [-0.1, -0.05) is 22.9 Å². The van der Waals surface area contributed by atoms with Gasteiger partial charge in [-0.05, 0) is 48.9 Å². The van der Waals surface area contributed by atoms with Crippen LogP contribution in [0.25, 0.3) is 0 Å². The number of halogens is 1. The Bertz CT molecular complexity index is 971. The fourth-order valence-corrected chi connectivity index (χ4v) is 4.43. The number of rotatable bonds is 3. The van der Waals surface area contributed by atoms with Crippen molar-refractivity contribution in [2.45, 2.75) is 19.3 Å². The number of carbonyl (C=O) groups is 3. The van der Waals surface area contributed by atoms with E-state index in [2.05, 4.69) is 15.9 Å². The molecule has 0 aromatic heterocycles. The summed E-state index contributed by atoms with van der Waals surface area (Å²) in [4.78, 5) is 40.4. The van der Waals surface area contributed by atoms with Crippen molar-refractivity contribution >= 4 is 39.4 Å². The number of esters is 1. The SMILES string of the molecule is CC[C@H]1C(=O)N(c2ccc(OC)cc2)C(=O)[C@H]2C(=O)Oc3ccc(Br)cc3[C@H]21. The van der Waals surface area contributed by atoms with Gasteiger partial charge in [0, 0.05) is 21.9 Å². The molecule has 1 fully saturated rings. The highest BCUT2D eigenvalue weighted by Crippen LogP contribution is 2.48. The lowest BCUT2D eigenvalue weighted by Crippen LogP contribution is -2.57. The zero-order valence-corrected chi connectivity index (χ0v) is 16.9. The van der Waals surface area contributed by atoms with E-state index in [1.54, 1.807) is 36.4 Å². The number of ether oxygens (including phenoxy) is 2. The third-order valence-electron chi connectivity index (χ3n) is 5.38. The smallest absolute Gasteiger partial charge is 0.324 e. The molecule has 6 nitrogen and oxygen atoms in total. The summed E-state index contributed by atoms with van der Waals surface area (Å²) >= 11 is 3.42. The van der Waals surface area contributed by atoms with E-state index < -0.39 is 29.6 Å². The summed E-state index contributed by atoms with van der Waals surface area (Å²) in [5.41, 5.74) is 1.13. The van der Waals surface area contributed by atoms with Crippen molar-refractivity contribution in [1.82, 2.24) is 0 Å². The fraction of sp³-hybridized carbons (Fsp3) is 0.286. The van der Waals surface area contributed by atoms with Crippen molar-refractivity contribution in [2.24, 2.45) is 11.8 Å². The van der Waals surface area contributed by atoms with Crippen molar-refractivity contribution in [1.29, 1.82) is 0 Å². The molecule has 2 amide bonds. The van der Waals surface area contributed by atoms with Crippen LogP contribution in [0.15, 0.2) is 46.9 Å². The third-order valence-corrected chi connectivity index (χ3v) is 5.88. The normalized spacial score (nSPS) is 23.8. The van der Waals surface area contributed by atoms with Crippen LogP contribution < -0.4 is 14.4 Å². The van der Waals surface area contributed by atoms with Crippen LogP contribution in [0.2, 0.25) is 0 Å². The molecule has 3 atom stereocenters. The highest BCUT2D eigenvalue weighted by atomic mass is 79.9. The van der Waals surface area contributed by atoms with E-state index in [9.17, 15) is 14.4 Å². The first-order valence-corrected chi connectivity index (χ1v) is 9.78. The second kappa shape index (κ2) is 7.05. The van der Waals surface area contributed by atoms with Gasteiger partial charge in [-0.15, -0.1) is 0 Å². The number of imide groups is 1. The Kier molecular flexibility index (Phi) is 4.71. The maximum atomic E-state index is 13.3. The van der Waals surface area contributed by atoms with Gasteiger partial charge in [-0.25, -0.2) is 4.90 Å². The van der Waals surface area contributed by atoms with Gasteiger partial charge in [0.2, 0.25) is 11.8 Å². The van der Waals surface area contributed by atoms with Gasteiger partial charge in [0.15, 0.2) is 0 Å². The standard InChI is InChI=1S/C21H18BrNO5/c1-3-14-17-15-10-11(22)4-9-16(15)28-21(26)18(17)20(25)23(19(14)24)12-5-7-13(27-2)8-6-12/h4-10,14,17-18H,3H2,1-2H3/t14-,17-,18+/m1/s1. The van der Waals surface area contributed by atoms with E-state index in [-0.39, 0.29) is 5.91 Å². The number of methoxy groups -OCH3 is 1. The Morgan fingerprint density at radius 1 is 1.07 bits per heavy atom. The summed E-state index contributed by atoms with van der Waals surface area (Å²) in [6, 6.07) is 11.9. The molecule has 2 aromatic rings. The molecule has 0 radical (unpaired) electrons. The first kappa shape index (κ1) is 18.7. The van der Waals surface area contributed by atoms with Crippen LogP contribution in [0.5, 0.6) is 11.5 Å². The van der Waals surface area contributed by atoms with Gasteiger partial charge in [0.05, 0.1) is 12.8 Å². The minimum atomic E-state index is -1.05. The number of carbonyl (C=O) groups excluding carboxylic acids is 3. The molecule has 4 rings (SSSR count). The summed E-state index contributed by atoms with van der Waals surface area (Å²) in [7, 11) is 1.54. The topological polar surface area (TPSA) is 72.9 Å². The first-order valence-electron chi connectivity index (χ1n) is 8.99. The second-order valence-corrected chi connectivity index (χ2v) is 7.75. The highest BCUT2D eigenvalue weighted by Gasteiger charge is 2.55. The molecular weight excluding hydrogens is 426 g/mol. The maximum Gasteiger partial charge on any atom is 0.324 e. The quantitative estimate of drug-likeness (QED) is 0.313. The maximum absolute atomic E-state index is 13.3. The number of nitrogens with zero attached hydrogens (tertiary/aromatic N) is 1. The Morgan fingerprint density at radius 3 is 2.43 bits per heavy atom. The van der Waals surface area contributed by atoms with Crippen molar-refractivity contribution in [2.75, 3.05) is 12.0 Å². The first-order chi connectivity index (χ1) is 13.5. The Morgan fingerprint density at radius 2 is 1.79 bits per heavy atom. The Balaban J connectivity index is 1.82. The monoisotopic (exact) mass is 443 g/mol. The van der Waals surface area contributed by atoms with Gasteiger partial charge < -0.3 is 9.47 Å². The van der Waals surface area contributed by atoms with E-state index in [4.69, 9.17) is 9.47 Å². The molecule has 2 aliphatic rings. The molecule has 2 aliphatic heterocycles. The largest absolute Gasteiger partial charge is 0.497 e. The zero-order chi connectivity index (χ0) is 20.0. The fourth-order valence-electron chi connectivity index (χ4n) is 4.06. The third kappa shape index (κ3) is 2.81. The van der Waals surface area contributed by atoms with Gasteiger partial charge in [-0.2, -0.15) is 0 Å². The van der Waals surface area contributed by atoms with E-state index in [0.29, 0.717) is 29.2 Å². The molecule has 144 valence electrons. The predicted octanol–water partition coefficient (Wildman–Crippen LogP) is 3.68. The highest BCUT2D eigenvalue weighted by molar-refractivity contribution is 9.10. The summed E-state index contributed by atoms with van der Waals surface area (Å²) in [5, 5.41) is 0. The molecule has 0 bridgehead atoms. The number of hydrogen-bond acceptors (Lipinski definition) is 5. The minimum absolute atomic E-state index is 0.306. The Hall–Kier alpha value is -2.67. The van der Waals surface area contributed by atoms with Gasteiger partial charge in [0.1, 0.15) is 17.4 Å². The molecular formula is C21H18BrNO5. The molecule has 2 heterocycles. The average Bonchev–Trinajstić information content (AvgIpc) is 2.69. The lowest BCUT2D eigenvalue weighted by molar-refractivity contribution is -0.151. The number of anilines is 1. The van der Waals surface area contributed by atoms with E-state index in [0.717, 1.165) is 9.37 Å². The average molecular weight is 444 g/mol. The summed E-state index contributed by atoms with van der Waals surface area (Å²) in [6.45, 7) is 1.89. The molecule has 28 heavy (non-hydrogen) atoms. The van der Waals surface area contributed by atoms with Crippen LogP contribution in [0.1, 0.15) is 24.8 Å². The second-order valence-electron chi connectivity index (χ2n) is 6.83. The summed E-state index contributed by atoms with van der Waals surface area (Å²) < 4.78 is 11.4. The van der Waals surface area contributed by atoms with Crippen LogP contribution >= 0.6 is 15.9 Å². The molecule has 2 aromatic carbocycles. The van der Waals surface area contributed by atoms with Crippen molar-refractivity contribution in [3.8, 4) is 11.5 Å².